The average molecular weight is 239 g/mol. The highest BCUT2D eigenvalue weighted by atomic mass is 32.1. The maximum atomic E-state index is 4.76. The molecule has 1 aromatic heterocycles. The van der Waals surface area contributed by atoms with Crippen molar-refractivity contribution in [3.05, 3.63) is 16.1 Å². The molecule has 0 spiro atoms. The number of nitrogens with zero attached hydrogens (tertiary/aromatic N) is 2. The smallest absolute Gasteiger partial charge is 0.0941 e. The van der Waals surface area contributed by atoms with Crippen molar-refractivity contribution in [2.45, 2.75) is 25.2 Å². The molecule has 0 aromatic carbocycles. The molecular weight excluding hydrogens is 218 g/mol. The Labute approximate surface area is 102 Å². The molecule has 0 bridgehead atoms. The highest BCUT2D eigenvalue weighted by Crippen LogP contribution is 2.28. The van der Waals surface area contributed by atoms with Crippen molar-refractivity contribution in [3.63, 3.8) is 0 Å². The van der Waals surface area contributed by atoms with Crippen molar-refractivity contribution < 1.29 is 0 Å². The number of hydrogen-bond donors (Lipinski definition) is 1. The van der Waals surface area contributed by atoms with Gasteiger partial charge in [-0.05, 0) is 40.0 Å². The summed E-state index contributed by atoms with van der Waals surface area (Å²) in [4.78, 5) is 7.16. The van der Waals surface area contributed by atoms with Crippen LogP contribution in [0.1, 0.15) is 29.5 Å². The summed E-state index contributed by atoms with van der Waals surface area (Å²) in [5.74, 6) is 0.704. The first-order valence-corrected chi connectivity index (χ1v) is 6.95. The van der Waals surface area contributed by atoms with Gasteiger partial charge in [0.2, 0.25) is 0 Å². The van der Waals surface area contributed by atoms with Gasteiger partial charge in [-0.3, -0.25) is 0 Å². The molecule has 1 aliphatic rings. The van der Waals surface area contributed by atoms with E-state index in [9.17, 15) is 0 Å². The van der Waals surface area contributed by atoms with Gasteiger partial charge < -0.3 is 10.2 Å². The third kappa shape index (κ3) is 3.03. The fraction of sp³-hybridized carbons (Fsp3) is 0.750. The second kappa shape index (κ2) is 5.75. The van der Waals surface area contributed by atoms with Gasteiger partial charge in [0, 0.05) is 24.3 Å². The minimum absolute atomic E-state index is 0.704. The Balaban J connectivity index is 1.91. The van der Waals surface area contributed by atoms with Crippen molar-refractivity contribution in [2.75, 3.05) is 33.7 Å². The van der Waals surface area contributed by atoms with Crippen molar-refractivity contribution in [1.29, 1.82) is 0 Å². The summed E-state index contributed by atoms with van der Waals surface area (Å²) < 4.78 is 0. The van der Waals surface area contributed by atoms with Gasteiger partial charge in [0.15, 0.2) is 0 Å². The van der Waals surface area contributed by atoms with Gasteiger partial charge in [0.1, 0.15) is 0 Å². The van der Waals surface area contributed by atoms with Crippen LogP contribution in [0.15, 0.2) is 5.38 Å². The largest absolute Gasteiger partial charge is 0.319 e. The number of nitrogens with one attached hydrogen (secondary N) is 1. The Morgan fingerprint density at radius 1 is 1.50 bits per heavy atom. The molecule has 3 nitrogen and oxygen atoms in total. The standard InChI is InChI=1S/C12H21N3S/c1-13-6-3-12-14-11(9-16-12)10-4-7-15(2)8-5-10/h9-10,13H,3-8H2,1-2H3. The molecule has 1 aromatic rings. The molecule has 2 heterocycles. The number of aromatic nitrogens is 1. The monoisotopic (exact) mass is 239 g/mol. The Morgan fingerprint density at radius 3 is 2.94 bits per heavy atom. The molecule has 1 saturated heterocycles. The van der Waals surface area contributed by atoms with Gasteiger partial charge in [-0.2, -0.15) is 0 Å². The molecular formula is C12H21N3S. The molecule has 1 aliphatic heterocycles. The first kappa shape index (κ1) is 12.0. The molecule has 0 radical (unpaired) electrons. The van der Waals surface area contributed by atoms with Crippen LogP contribution >= 0.6 is 11.3 Å². The Kier molecular flexibility index (Phi) is 4.32. The second-order valence-corrected chi connectivity index (χ2v) is 5.54. The number of piperidine rings is 1. The lowest BCUT2D eigenvalue weighted by molar-refractivity contribution is 0.253. The summed E-state index contributed by atoms with van der Waals surface area (Å²) in [5, 5.41) is 6.72. The summed E-state index contributed by atoms with van der Waals surface area (Å²) >= 11 is 1.82. The number of likely N-dealkylation sites (tertiary alicyclic amines) is 1. The molecule has 2 rings (SSSR count). The van der Waals surface area contributed by atoms with Crippen molar-refractivity contribution in [2.24, 2.45) is 0 Å². The molecule has 90 valence electrons. The molecule has 16 heavy (non-hydrogen) atoms. The number of rotatable bonds is 4. The highest BCUT2D eigenvalue weighted by molar-refractivity contribution is 7.09. The third-order valence-electron chi connectivity index (χ3n) is 3.30. The zero-order valence-electron chi connectivity index (χ0n) is 10.2. The lowest BCUT2D eigenvalue weighted by atomic mass is 9.95. The molecule has 1 fully saturated rings. The fourth-order valence-corrected chi connectivity index (χ4v) is 3.04. The van der Waals surface area contributed by atoms with E-state index >= 15 is 0 Å². The van der Waals surface area contributed by atoms with E-state index in [1.54, 1.807) is 0 Å². The van der Waals surface area contributed by atoms with Gasteiger partial charge in [0.05, 0.1) is 10.7 Å². The second-order valence-electron chi connectivity index (χ2n) is 4.60. The zero-order valence-corrected chi connectivity index (χ0v) is 11.0. The maximum absolute atomic E-state index is 4.76. The normalized spacial score (nSPS) is 19.1. The van der Waals surface area contributed by atoms with Crippen LogP contribution in [0.5, 0.6) is 0 Å². The van der Waals surface area contributed by atoms with Gasteiger partial charge in [-0.25, -0.2) is 4.98 Å². The van der Waals surface area contributed by atoms with Crippen LogP contribution in [-0.4, -0.2) is 43.6 Å². The van der Waals surface area contributed by atoms with Crippen LogP contribution in [0.4, 0.5) is 0 Å². The SMILES string of the molecule is CNCCc1nc(C2CCN(C)CC2)cs1. The van der Waals surface area contributed by atoms with Crippen LogP contribution in [0.25, 0.3) is 0 Å². The number of hydrogen-bond acceptors (Lipinski definition) is 4. The average Bonchev–Trinajstić information content (AvgIpc) is 2.76. The van der Waals surface area contributed by atoms with Crippen LogP contribution in [-0.2, 0) is 6.42 Å². The van der Waals surface area contributed by atoms with Crippen molar-refractivity contribution >= 4 is 11.3 Å². The molecule has 0 aliphatic carbocycles. The van der Waals surface area contributed by atoms with E-state index in [0.29, 0.717) is 5.92 Å². The lowest BCUT2D eigenvalue weighted by Crippen LogP contribution is -2.29. The van der Waals surface area contributed by atoms with Crippen LogP contribution in [0.2, 0.25) is 0 Å². The molecule has 0 saturated carbocycles. The Hall–Kier alpha value is -0.450. The fourth-order valence-electron chi connectivity index (χ4n) is 2.16. The van der Waals surface area contributed by atoms with E-state index in [2.05, 4.69) is 22.6 Å². The van der Waals surface area contributed by atoms with E-state index in [0.717, 1.165) is 13.0 Å². The number of likely N-dealkylation sites (N-methyl/N-ethyl adjacent to an activating group) is 1. The molecule has 0 unspecified atom stereocenters. The predicted molar refractivity (Wildman–Crippen MR) is 69.2 cm³/mol. The summed E-state index contributed by atoms with van der Waals surface area (Å²) in [6.45, 7) is 3.46. The lowest BCUT2D eigenvalue weighted by Gasteiger charge is -2.27. The van der Waals surface area contributed by atoms with Gasteiger partial charge in [-0.15, -0.1) is 11.3 Å². The Morgan fingerprint density at radius 2 is 2.25 bits per heavy atom. The summed E-state index contributed by atoms with van der Waals surface area (Å²) in [7, 11) is 4.20. The van der Waals surface area contributed by atoms with Crippen molar-refractivity contribution in [3.8, 4) is 0 Å². The van der Waals surface area contributed by atoms with Crippen LogP contribution < -0.4 is 5.32 Å². The summed E-state index contributed by atoms with van der Waals surface area (Å²) in [6, 6.07) is 0. The molecule has 0 amide bonds. The minimum Gasteiger partial charge on any atom is -0.319 e. The van der Waals surface area contributed by atoms with Gasteiger partial charge in [-0.1, -0.05) is 0 Å². The van der Waals surface area contributed by atoms with Crippen LogP contribution in [0, 0.1) is 0 Å². The quantitative estimate of drug-likeness (QED) is 0.867. The van der Waals surface area contributed by atoms with E-state index in [1.165, 1.54) is 36.6 Å². The molecule has 1 N–H and O–H groups in total. The molecule has 4 heteroatoms. The molecule has 0 atom stereocenters. The highest BCUT2D eigenvalue weighted by Gasteiger charge is 2.20. The third-order valence-corrected chi connectivity index (χ3v) is 4.22. The van der Waals surface area contributed by atoms with Gasteiger partial charge >= 0.3 is 0 Å². The van der Waals surface area contributed by atoms with E-state index in [1.807, 2.05) is 18.4 Å². The first-order chi connectivity index (χ1) is 7.79. The van der Waals surface area contributed by atoms with E-state index in [4.69, 9.17) is 4.98 Å². The van der Waals surface area contributed by atoms with E-state index in [-0.39, 0.29) is 0 Å². The zero-order chi connectivity index (χ0) is 11.4. The summed E-state index contributed by atoms with van der Waals surface area (Å²) in [5.41, 5.74) is 1.34. The number of thiazole rings is 1. The van der Waals surface area contributed by atoms with Gasteiger partial charge in [0.25, 0.3) is 0 Å². The predicted octanol–water partition coefficient (Wildman–Crippen LogP) is 1.71. The maximum Gasteiger partial charge on any atom is 0.0941 e. The van der Waals surface area contributed by atoms with Crippen molar-refractivity contribution in [1.82, 2.24) is 15.2 Å². The first-order valence-electron chi connectivity index (χ1n) is 6.07. The van der Waals surface area contributed by atoms with E-state index < -0.39 is 0 Å². The Bertz CT molecular complexity index is 316. The summed E-state index contributed by atoms with van der Waals surface area (Å²) in [6.07, 6.45) is 3.60. The minimum atomic E-state index is 0.704. The van der Waals surface area contributed by atoms with Crippen LogP contribution in [0.3, 0.4) is 0 Å². The topological polar surface area (TPSA) is 28.2 Å².